The third-order valence-electron chi connectivity index (χ3n) is 4.67. The van der Waals surface area contributed by atoms with E-state index in [0.717, 1.165) is 33.2 Å². The van der Waals surface area contributed by atoms with Crippen LogP contribution in [0.1, 0.15) is 5.56 Å². The van der Waals surface area contributed by atoms with E-state index < -0.39 is 0 Å². The van der Waals surface area contributed by atoms with E-state index in [2.05, 4.69) is 20.6 Å². The standard InChI is InChI=1S/C21H16N6O/c1-14-9-10-26-17(11-14)13-22-27(26)21(28)23-16-7-8-19-18(12-16)20(25-24-19)15-5-3-2-4-6-15/h2-13,22H,1H3/p+1. The highest BCUT2D eigenvalue weighted by molar-refractivity contribution is 5.98. The van der Waals surface area contributed by atoms with Crippen molar-refractivity contribution in [2.75, 3.05) is 5.32 Å². The van der Waals surface area contributed by atoms with Crippen molar-refractivity contribution in [2.45, 2.75) is 6.92 Å². The van der Waals surface area contributed by atoms with Gasteiger partial charge in [0.15, 0.2) is 5.52 Å². The summed E-state index contributed by atoms with van der Waals surface area (Å²) in [6.07, 6.45) is 3.49. The van der Waals surface area contributed by atoms with Gasteiger partial charge in [0.2, 0.25) is 6.20 Å². The van der Waals surface area contributed by atoms with Crippen LogP contribution in [0.5, 0.6) is 0 Å². The van der Waals surface area contributed by atoms with Crippen molar-refractivity contribution in [3.63, 3.8) is 0 Å². The first-order valence-electron chi connectivity index (χ1n) is 8.90. The van der Waals surface area contributed by atoms with Crippen LogP contribution in [0.15, 0.2) is 73.1 Å². The number of rotatable bonds is 2. The number of H-pyrrole nitrogens is 1. The SMILES string of the molecule is Cc1cc[n+]2c(cnn2C(=O)Nc2ccc3[nH]nc(-c4ccccc4)c3c2)c1. The molecule has 136 valence electrons. The Hall–Kier alpha value is -4.00. The summed E-state index contributed by atoms with van der Waals surface area (Å²) in [6.45, 7) is 2.00. The molecule has 5 rings (SSSR count). The third-order valence-corrected chi connectivity index (χ3v) is 4.67. The molecule has 0 aliphatic carbocycles. The molecule has 1 amide bonds. The third kappa shape index (κ3) is 2.69. The smallest absolute Gasteiger partial charge is 0.302 e. The number of anilines is 1. The number of nitrogens with one attached hydrogen (secondary N) is 2. The molecule has 3 heterocycles. The van der Waals surface area contributed by atoms with Gasteiger partial charge in [-0.1, -0.05) is 30.3 Å². The van der Waals surface area contributed by atoms with E-state index in [1.54, 1.807) is 10.7 Å². The van der Waals surface area contributed by atoms with Crippen LogP contribution in [0.3, 0.4) is 0 Å². The quantitative estimate of drug-likeness (QED) is 0.467. The molecule has 0 aliphatic rings. The van der Waals surface area contributed by atoms with Crippen molar-refractivity contribution in [2.24, 2.45) is 0 Å². The molecule has 2 N–H and O–H groups in total. The van der Waals surface area contributed by atoms with E-state index in [9.17, 15) is 4.79 Å². The van der Waals surface area contributed by atoms with Crippen LogP contribution >= 0.6 is 0 Å². The fourth-order valence-electron chi connectivity index (χ4n) is 3.29. The maximum Gasteiger partial charge on any atom is 0.403 e. The predicted molar refractivity (Wildman–Crippen MR) is 106 cm³/mol. The van der Waals surface area contributed by atoms with Crippen LogP contribution < -0.4 is 9.83 Å². The van der Waals surface area contributed by atoms with Crippen molar-refractivity contribution in [1.29, 1.82) is 0 Å². The van der Waals surface area contributed by atoms with Crippen molar-refractivity contribution in [1.82, 2.24) is 20.1 Å². The summed E-state index contributed by atoms with van der Waals surface area (Å²) in [5.74, 6) is 0. The van der Waals surface area contributed by atoms with Gasteiger partial charge in [-0.2, -0.15) is 5.10 Å². The zero-order valence-corrected chi connectivity index (χ0v) is 15.1. The average molecular weight is 369 g/mol. The minimum absolute atomic E-state index is 0.340. The van der Waals surface area contributed by atoms with Crippen molar-refractivity contribution in [3.05, 3.63) is 78.6 Å². The largest absolute Gasteiger partial charge is 0.403 e. The molecule has 7 heteroatoms. The molecule has 0 fully saturated rings. The van der Waals surface area contributed by atoms with E-state index in [-0.39, 0.29) is 6.03 Å². The number of pyridine rings is 1. The highest BCUT2D eigenvalue weighted by atomic mass is 16.2. The van der Waals surface area contributed by atoms with Gasteiger partial charge in [0, 0.05) is 16.6 Å². The Bertz CT molecular complexity index is 1320. The second-order valence-electron chi connectivity index (χ2n) is 6.64. The number of fused-ring (bicyclic) bond motifs is 2. The van der Waals surface area contributed by atoms with Crippen molar-refractivity contribution in [3.8, 4) is 11.3 Å². The van der Waals surface area contributed by atoms with Crippen LogP contribution in [-0.4, -0.2) is 26.1 Å². The van der Waals surface area contributed by atoms with Gasteiger partial charge in [-0.05, 0) is 42.8 Å². The van der Waals surface area contributed by atoms with Crippen molar-refractivity contribution < 1.29 is 9.31 Å². The number of amides is 1. The summed E-state index contributed by atoms with van der Waals surface area (Å²) in [6, 6.07) is 19.2. The number of carbonyl (C=O) groups excluding carboxylic acids is 1. The molecular weight excluding hydrogens is 352 g/mol. The molecule has 5 aromatic rings. The lowest BCUT2D eigenvalue weighted by molar-refractivity contribution is -0.600. The Morgan fingerprint density at radius 3 is 2.82 bits per heavy atom. The summed E-state index contributed by atoms with van der Waals surface area (Å²) in [7, 11) is 0. The van der Waals surface area contributed by atoms with Crippen LogP contribution in [0.4, 0.5) is 10.5 Å². The highest BCUT2D eigenvalue weighted by Gasteiger charge is 2.19. The summed E-state index contributed by atoms with van der Waals surface area (Å²) < 4.78 is 1.70. The minimum Gasteiger partial charge on any atom is -0.302 e. The summed E-state index contributed by atoms with van der Waals surface area (Å²) in [5, 5.41) is 15.5. The van der Waals surface area contributed by atoms with E-state index in [4.69, 9.17) is 0 Å². The molecule has 0 spiro atoms. The average Bonchev–Trinajstić information content (AvgIpc) is 3.32. The lowest BCUT2D eigenvalue weighted by atomic mass is 10.1. The first-order valence-corrected chi connectivity index (χ1v) is 8.90. The summed E-state index contributed by atoms with van der Waals surface area (Å²) in [5.41, 5.74) is 5.41. The number of nitrogens with zero attached hydrogens (tertiary/aromatic N) is 4. The molecule has 0 radical (unpaired) electrons. The van der Waals surface area contributed by atoms with Gasteiger partial charge in [-0.3, -0.25) is 5.10 Å². The van der Waals surface area contributed by atoms with Crippen LogP contribution in [0.2, 0.25) is 0 Å². The molecule has 0 aliphatic heterocycles. The number of benzene rings is 2. The molecule has 2 aromatic carbocycles. The first kappa shape index (κ1) is 16.2. The summed E-state index contributed by atoms with van der Waals surface area (Å²) in [4.78, 5) is 14.0. The second-order valence-corrected chi connectivity index (χ2v) is 6.64. The molecular formula is C21H17N6O+. The maximum atomic E-state index is 12.7. The van der Waals surface area contributed by atoms with Gasteiger partial charge in [-0.25, -0.2) is 4.79 Å². The topological polar surface area (TPSA) is 79.7 Å². The zero-order chi connectivity index (χ0) is 19.1. The number of hydrogen-bond donors (Lipinski definition) is 2. The van der Waals surface area contributed by atoms with E-state index in [1.807, 2.05) is 73.8 Å². The van der Waals surface area contributed by atoms with E-state index in [1.165, 1.54) is 4.80 Å². The van der Waals surface area contributed by atoms with Crippen LogP contribution in [0, 0.1) is 6.92 Å². The lowest BCUT2D eigenvalue weighted by Gasteiger charge is -2.04. The maximum absolute atomic E-state index is 12.7. The molecule has 0 atom stereocenters. The first-order chi connectivity index (χ1) is 13.7. The molecule has 28 heavy (non-hydrogen) atoms. The van der Waals surface area contributed by atoms with Gasteiger partial charge >= 0.3 is 6.03 Å². The van der Waals surface area contributed by atoms with E-state index in [0.29, 0.717) is 5.69 Å². The Labute approximate surface area is 160 Å². The molecule has 0 unspecified atom stereocenters. The Kier molecular flexibility index (Phi) is 3.65. The Morgan fingerprint density at radius 2 is 1.96 bits per heavy atom. The molecule has 0 bridgehead atoms. The monoisotopic (exact) mass is 369 g/mol. The predicted octanol–water partition coefficient (Wildman–Crippen LogP) is 3.55. The number of aryl methyl sites for hydroxylation is 1. The van der Waals surface area contributed by atoms with Gasteiger partial charge in [0.05, 0.1) is 21.1 Å². The van der Waals surface area contributed by atoms with Crippen molar-refractivity contribution >= 4 is 28.1 Å². The summed E-state index contributed by atoms with van der Waals surface area (Å²) >= 11 is 0. The molecule has 0 saturated heterocycles. The fraction of sp³-hybridized carbons (Fsp3) is 0.0476. The lowest BCUT2D eigenvalue weighted by Crippen LogP contribution is -2.40. The molecule has 0 saturated carbocycles. The second kappa shape index (κ2) is 6.31. The minimum atomic E-state index is -0.340. The number of carbonyl (C=O) groups is 1. The van der Waals surface area contributed by atoms with Crippen LogP contribution in [-0.2, 0) is 0 Å². The normalized spacial score (nSPS) is 11.2. The molecule has 7 nitrogen and oxygen atoms in total. The Morgan fingerprint density at radius 1 is 1.11 bits per heavy atom. The van der Waals surface area contributed by atoms with Gasteiger partial charge in [-0.15, -0.1) is 4.52 Å². The number of hydrogen-bond acceptors (Lipinski definition) is 3. The van der Waals surface area contributed by atoms with Crippen LogP contribution in [0.25, 0.3) is 27.7 Å². The van der Waals surface area contributed by atoms with Gasteiger partial charge in [0.1, 0.15) is 6.20 Å². The fourth-order valence-corrected chi connectivity index (χ4v) is 3.29. The number of aromatic nitrogens is 5. The Balaban J connectivity index is 1.50. The molecule has 3 aromatic heterocycles. The highest BCUT2D eigenvalue weighted by Crippen LogP contribution is 2.28. The zero-order valence-electron chi connectivity index (χ0n) is 15.1. The van der Waals surface area contributed by atoms with E-state index >= 15 is 0 Å². The number of aromatic amines is 1. The van der Waals surface area contributed by atoms with Gasteiger partial charge < -0.3 is 5.32 Å². The van der Waals surface area contributed by atoms with Gasteiger partial charge in [0.25, 0.3) is 0 Å².